The van der Waals surface area contributed by atoms with Crippen molar-refractivity contribution in [2.45, 2.75) is 12.1 Å². The van der Waals surface area contributed by atoms with E-state index < -0.39 is 18.1 Å². The number of hydrogen-bond donors (Lipinski definition) is 2. The molecule has 0 aliphatic carbocycles. The molecule has 0 bridgehead atoms. The highest BCUT2D eigenvalue weighted by Gasteiger charge is 2.23. The van der Waals surface area contributed by atoms with Crippen LogP contribution in [0.25, 0.3) is 0 Å². The van der Waals surface area contributed by atoms with E-state index in [9.17, 15) is 4.79 Å². The van der Waals surface area contributed by atoms with Crippen LogP contribution in [0.4, 0.5) is 0 Å². The Bertz CT molecular complexity index is 531. The first kappa shape index (κ1) is 21.4. The van der Waals surface area contributed by atoms with Gasteiger partial charge in [0.15, 0.2) is 6.10 Å². The van der Waals surface area contributed by atoms with Crippen molar-refractivity contribution >= 4 is 30.8 Å². The van der Waals surface area contributed by atoms with Gasteiger partial charge in [0, 0.05) is 0 Å². The van der Waals surface area contributed by atoms with Crippen molar-refractivity contribution < 1.29 is 14.4 Å². The summed E-state index contributed by atoms with van der Waals surface area (Å²) in [6, 6.07) is 18.1. The van der Waals surface area contributed by atoms with E-state index in [1.165, 1.54) is 0 Å². The van der Waals surface area contributed by atoms with Gasteiger partial charge in [-0.3, -0.25) is 4.79 Å². The normalized spacial score (nSPS) is 11.1. The van der Waals surface area contributed by atoms with Crippen molar-refractivity contribution in [2.24, 2.45) is 11.6 Å². The summed E-state index contributed by atoms with van der Waals surface area (Å²) in [6.07, 6.45) is -0.510. The number of benzene rings is 2. The number of carbonyl (C=O) groups excluding carboxylic acids is 1. The van der Waals surface area contributed by atoms with Crippen molar-refractivity contribution in [3.05, 3.63) is 71.8 Å². The fourth-order valence-electron chi connectivity index (χ4n) is 1.96. The summed E-state index contributed by atoms with van der Waals surface area (Å²) in [7, 11) is 0. The Hall–Kier alpha value is -1.63. The molecule has 0 heterocycles. The lowest BCUT2D eigenvalue weighted by Crippen LogP contribution is -2.38. The Kier molecular flexibility index (Phi) is 10.2. The Balaban J connectivity index is 0.00000242. The number of hydrogen-bond acceptors (Lipinski definition) is 5. The number of rotatable bonds is 6. The topological polar surface area (TPSA) is 87.6 Å². The van der Waals surface area contributed by atoms with Crippen LogP contribution in [-0.4, -0.2) is 18.6 Å². The van der Waals surface area contributed by atoms with Crippen molar-refractivity contribution in [2.75, 3.05) is 6.61 Å². The third-order valence-corrected chi connectivity index (χ3v) is 3.02. The molecule has 0 aliphatic rings. The van der Waals surface area contributed by atoms with E-state index in [4.69, 9.17) is 16.4 Å². The average Bonchev–Trinajstić information content (AvgIpc) is 2.54. The van der Waals surface area contributed by atoms with Gasteiger partial charge in [-0.25, -0.2) is 5.90 Å². The molecule has 2 rings (SSSR count). The van der Waals surface area contributed by atoms with Crippen molar-refractivity contribution in [3.63, 3.8) is 0 Å². The zero-order valence-corrected chi connectivity index (χ0v) is 14.0. The number of nitrogens with two attached hydrogens (primary N) is 2. The fourth-order valence-corrected chi connectivity index (χ4v) is 1.96. The molecule has 126 valence electrons. The van der Waals surface area contributed by atoms with Crippen LogP contribution in [0, 0.1) is 0 Å². The number of halogens is 2. The summed E-state index contributed by atoms with van der Waals surface area (Å²) in [5.41, 5.74) is 7.40. The van der Waals surface area contributed by atoms with E-state index in [2.05, 4.69) is 4.84 Å². The third-order valence-electron chi connectivity index (χ3n) is 3.02. The molecule has 0 aliphatic heterocycles. The van der Waals surface area contributed by atoms with Gasteiger partial charge in [0.1, 0.15) is 6.04 Å². The lowest BCUT2D eigenvalue weighted by molar-refractivity contribution is -0.150. The first-order chi connectivity index (χ1) is 10.2. The Morgan fingerprint density at radius 3 is 1.74 bits per heavy atom. The predicted molar refractivity (Wildman–Crippen MR) is 93.4 cm³/mol. The van der Waals surface area contributed by atoms with Crippen LogP contribution in [0.3, 0.4) is 0 Å². The summed E-state index contributed by atoms with van der Waals surface area (Å²) in [4.78, 5) is 16.4. The molecule has 0 amide bonds. The summed E-state index contributed by atoms with van der Waals surface area (Å²) < 4.78 is 5.54. The van der Waals surface area contributed by atoms with Gasteiger partial charge in [-0.15, -0.1) is 24.8 Å². The highest BCUT2D eigenvalue weighted by Crippen LogP contribution is 2.26. The number of carbonyl (C=O) groups is 1. The van der Waals surface area contributed by atoms with Gasteiger partial charge in [-0.1, -0.05) is 60.7 Å². The maximum atomic E-state index is 12.0. The van der Waals surface area contributed by atoms with Crippen LogP contribution in [-0.2, 0) is 14.4 Å². The molecular formula is C16H20Cl2N2O3. The van der Waals surface area contributed by atoms with Crippen LogP contribution < -0.4 is 11.6 Å². The third kappa shape index (κ3) is 6.17. The molecule has 0 spiro atoms. The Morgan fingerprint density at radius 2 is 1.35 bits per heavy atom. The Labute approximate surface area is 147 Å². The summed E-state index contributed by atoms with van der Waals surface area (Å²) in [5.74, 6) is 4.38. The average molecular weight is 359 g/mol. The molecule has 0 saturated heterocycles. The first-order valence-corrected chi connectivity index (χ1v) is 6.60. The summed E-state index contributed by atoms with van der Waals surface area (Å²) in [6.45, 7) is -0.0882. The van der Waals surface area contributed by atoms with Gasteiger partial charge in [0.2, 0.25) is 0 Å². The molecule has 23 heavy (non-hydrogen) atoms. The smallest absolute Gasteiger partial charge is 0.326 e. The van der Waals surface area contributed by atoms with E-state index in [0.29, 0.717) is 0 Å². The second-order valence-corrected chi connectivity index (χ2v) is 4.58. The molecule has 0 fully saturated rings. The van der Waals surface area contributed by atoms with Gasteiger partial charge in [-0.05, 0) is 11.1 Å². The highest BCUT2D eigenvalue weighted by molar-refractivity contribution is 5.85. The molecule has 0 aromatic heterocycles. The van der Waals surface area contributed by atoms with Gasteiger partial charge < -0.3 is 15.3 Å². The van der Waals surface area contributed by atoms with Crippen LogP contribution in [0.1, 0.15) is 17.2 Å². The molecule has 2 aromatic carbocycles. The molecule has 0 radical (unpaired) electrons. The lowest BCUT2D eigenvalue weighted by Gasteiger charge is -2.20. The van der Waals surface area contributed by atoms with Crippen molar-refractivity contribution in [1.29, 1.82) is 0 Å². The van der Waals surface area contributed by atoms with Gasteiger partial charge >= 0.3 is 5.97 Å². The van der Waals surface area contributed by atoms with Gasteiger partial charge in [-0.2, -0.15) is 0 Å². The molecular weight excluding hydrogens is 339 g/mol. The molecule has 0 saturated carbocycles. The fraction of sp³-hybridized carbons (Fsp3) is 0.188. The standard InChI is InChI=1S/C16H18N2O3.2ClH/c17-14(11-20-18)16(19)21-15(12-7-3-1-4-8-12)13-9-5-2-6-10-13;;/h1-10,14-15H,11,17-18H2;2*1H/t14-;;/m1../s1. The molecule has 5 nitrogen and oxygen atoms in total. The molecule has 7 heteroatoms. The largest absolute Gasteiger partial charge is 0.451 e. The van der Waals surface area contributed by atoms with E-state index in [1.807, 2.05) is 60.7 Å². The summed E-state index contributed by atoms with van der Waals surface area (Å²) >= 11 is 0. The van der Waals surface area contributed by atoms with E-state index >= 15 is 0 Å². The summed E-state index contributed by atoms with van der Waals surface area (Å²) in [5, 5.41) is 0. The number of esters is 1. The Morgan fingerprint density at radius 1 is 0.913 bits per heavy atom. The van der Waals surface area contributed by atoms with E-state index in [-0.39, 0.29) is 31.4 Å². The lowest BCUT2D eigenvalue weighted by atomic mass is 10.0. The maximum Gasteiger partial charge on any atom is 0.326 e. The van der Waals surface area contributed by atoms with Crippen LogP contribution >= 0.6 is 24.8 Å². The van der Waals surface area contributed by atoms with E-state index in [1.54, 1.807) is 0 Å². The molecule has 4 N–H and O–H groups in total. The predicted octanol–water partition coefficient (Wildman–Crippen LogP) is 2.38. The first-order valence-electron chi connectivity index (χ1n) is 6.60. The minimum absolute atomic E-state index is 0. The zero-order chi connectivity index (χ0) is 15.1. The zero-order valence-electron chi connectivity index (χ0n) is 12.3. The number of ether oxygens (including phenoxy) is 1. The van der Waals surface area contributed by atoms with Gasteiger partial charge in [0.25, 0.3) is 0 Å². The minimum atomic E-state index is -0.912. The van der Waals surface area contributed by atoms with Crippen LogP contribution in [0.15, 0.2) is 60.7 Å². The quantitative estimate of drug-likeness (QED) is 0.611. The van der Waals surface area contributed by atoms with Crippen molar-refractivity contribution in [3.8, 4) is 0 Å². The van der Waals surface area contributed by atoms with E-state index in [0.717, 1.165) is 11.1 Å². The SMILES string of the molecule is Cl.Cl.NOC[C@@H](N)C(=O)OC(c1ccccc1)c1ccccc1. The molecule has 2 aromatic rings. The van der Waals surface area contributed by atoms with Gasteiger partial charge in [0.05, 0.1) is 6.61 Å². The van der Waals surface area contributed by atoms with Crippen LogP contribution in [0.5, 0.6) is 0 Å². The maximum absolute atomic E-state index is 12.0. The van der Waals surface area contributed by atoms with Crippen molar-refractivity contribution in [1.82, 2.24) is 0 Å². The molecule has 1 atom stereocenters. The van der Waals surface area contributed by atoms with Crippen LogP contribution in [0.2, 0.25) is 0 Å². The monoisotopic (exact) mass is 358 g/mol. The highest BCUT2D eigenvalue weighted by atomic mass is 35.5. The minimum Gasteiger partial charge on any atom is -0.451 e. The second kappa shape index (κ2) is 11.0. The second-order valence-electron chi connectivity index (χ2n) is 4.58. The molecule has 0 unspecified atom stereocenters.